The van der Waals surface area contributed by atoms with Crippen molar-refractivity contribution in [3.8, 4) is 0 Å². The molecule has 9 atom stereocenters. The minimum Gasteiger partial charge on any atom is -0.393 e. The van der Waals surface area contributed by atoms with Crippen molar-refractivity contribution < 1.29 is 18.3 Å². The average Bonchev–Trinajstić information content (AvgIpc) is 3.42. The summed E-state index contributed by atoms with van der Waals surface area (Å²) >= 11 is 0.779. The van der Waals surface area contributed by atoms with Crippen LogP contribution in [0.2, 0.25) is 0 Å². The van der Waals surface area contributed by atoms with E-state index in [-0.39, 0.29) is 21.5 Å². The second-order valence-electron chi connectivity index (χ2n) is 12.8. The molecule has 202 valence electrons. The number of carbonyl (C=O) groups excluding carboxylic acids is 1. The lowest BCUT2D eigenvalue weighted by Crippen LogP contribution is -2.54. The largest absolute Gasteiger partial charge is 0.393 e. The topological polar surface area (TPSA) is 135 Å². The van der Waals surface area contributed by atoms with Crippen molar-refractivity contribution in [3.63, 3.8) is 0 Å². The van der Waals surface area contributed by atoms with Gasteiger partial charge in [0.2, 0.25) is 15.4 Å². The highest BCUT2D eigenvalue weighted by Crippen LogP contribution is 2.68. The van der Waals surface area contributed by atoms with E-state index in [2.05, 4.69) is 36.3 Å². The van der Waals surface area contributed by atoms with Crippen molar-refractivity contribution in [1.82, 2.24) is 10.2 Å². The molecule has 0 aliphatic heterocycles. The molecule has 0 spiro atoms. The first-order valence-corrected chi connectivity index (χ1v) is 16.1. The van der Waals surface area contributed by atoms with Gasteiger partial charge in [0.1, 0.15) is 0 Å². The summed E-state index contributed by atoms with van der Waals surface area (Å²) in [5.41, 5.74) is 0.747. The van der Waals surface area contributed by atoms with Crippen molar-refractivity contribution >= 4 is 32.4 Å². The molecule has 1 amide bonds. The first kappa shape index (κ1) is 26.5. The number of hydrogen-bond donors (Lipinski definition) is 3. The molecule has 0 saturated heterocycles. The molecule has 1 heterocycles. The molecule has 4 saturated carbocycles. The number of carbonyl (C=O) groups is 1. The standard InChI is InChI=1S/C26H42N4O4S2/c1-15(4-9-22(32)28-23-29-30-24(35-23)36(27,33)34)19-7-8-20-18-6-5-16-14-17(31)10-12-25(16,2)21(18)11-13-26(19,20)3/h15-21,31H,4-14H2,1-3H3,(H2,27,33,34)(H,28,29,32)/t15-,16-,17-,18+,19-,20+,21+,25+,26-/m1/s1. The minimum absolute atomic E-state index is 0.0926. The van der Waals surface area contributed by atoms with Crippen molar-refractivity contribution in [2.75, 3.05) is 5.32 Å². The molecule has 4 fully saturated rings. The molecule has 5 rings (SSSR count). The molecule has 36 heavy (non-hydrogen) atoms. The van der Waals surface area contributed by atoms with Crippen molar-refractivity contribution in [2.24, 2.45) is 51.5 Å². The van der Waals surface area contributed by atoms with E-state index in [0.717, 1.165) is 48.4 Å². The number of amides is 1. The Kier molecular flexibility index (Phi) is 7.05. The van der Waals surface area contributed by atoms with E-state index in [4.69, 9.17) is 5.14 Å². The molecule has 10 heteroatoms. The normalized spacial score (nSPS) is 41.1. The number of sulfonamides is 1. The Morgan fingerprint density at radius 1 is 1.11 bits per heavy atom. The van der Waals surface area contributed by atoms with Gasteiger partial charge in [-0.1, -0.05) is 32.1 Å². The zero-order chi connectivity index (χ0) is 25.9. The average molecular weight is 539 g/mol. The fourth-order valence-corrected chi connectivity index (χ4v) is 10.7. The lowest BCUT2D eigenvalue weighted by molar-refractivity contribution is -0.129. The Hall–Kier alpha value is -1.10. The van der Waals surface area contributed by atoms with E-state index in [0.29, 0.717) is 35.0 Å². The summed E-state index contributed by atoms with van der Waals surface area (Å²) in [4.78, 5) is 12.6. The minimum atomic E-state index is -3.91. The summed E-state index contributed by atoms with van der Waals surface area (Å²) in [6.07, 6.45) is 12.0. The molecule has 0 bridgehead atoms. The zero-order valence-corrected chi connectivity index (χ0v) is 23.4. The van der Waals surface area contributed by atoms with Crippen molar-refractivity contribution in [2.45, 2.75) is 102 Å². The summed E-state index contributed by atoms with van der Waals surface area (Å²) in [5.74, 6) is 4.00. The highest BCUT2D eigenvalue weighted by molar-refractivity contribution is 7.91. The van der Waals surface area contributed by atoms with Gasteiger partial charge in [0, 0.05) is 6.42 Å². The lowest BCUT2D eigenvalue weighted by Gasteiger charge is -2.61. The first-order valence-electron chi connectivity index (χ1n) is 13.8. The van der Waals surface area contributed by atoms with Crippen LogP contribution in [0.4, 0.5) is 5.13 Å². The number of aliphatic hydroxyl groups is 1. The van der Waals surface area contributed by atoms with E-state index in [1.54, 1.807) is 0 Å². The monoisotopic (exact) mass is 538 g/mol. The van der Waals surface area contributed by atoms with E-state index < -0.39 is 10.0 Å². The lowest BCUT2D eigenvalue weighted by atomic mass is 9.44. The van der Waals surface area contributed by atoms with Crippen LogP contribution < -0.4 is 10.5 Å². The number of fused-ring (bicyclic) bond motifs is 5. The molecule has 0 radical (unpaired) electrons. The van der Waals surface area contributed by atoms with Crippen LogP contribution in [0.3, 0.4) is 0 Å². The number of rotatable bonds is 6. The third kappa shape index (κ3) is 4.64. The second-order valence-corrected chi connectivity index (χ2v) is 15.5. The number of nitrogens with one attached hydrogen (secondary N) is 1. The summed E-state index contributed by atoms with van der Waals surface area (Å²) in [5, 5.41) is 25.5. The smallest absolute Gasteiger partial charge is 0.267 e. The van der Waals surface area contributed by atoms with Crippen LogP contribution in [0.15, 0.2) is 4.34 Å². The molecular formula is C26H42N4O4S2. The molecule has 0 aromatic carbocycles. The zero-order valence-electron chi connectivity index (χ0n) is 21.8. The molecular weight excluding hydrogens is 496 g/mol. The van der Waals surface area contributed by atoms with Gasteiger partial charge < -0.3 is 10.4 Å². The number of nitrogens with zero attached hydrogens (tertiary/aromatic N) is 2. The van der Waals surface area contributed by atoms with Crippen LogP contribution in [-0.4, -0.2) is 35.7 Å². The molecule has 8 nitrogen and oxygen atoms in total. The highest BCUT2D eigenvalue weighted by atomic mass is 32.2. The molecule has 4 aliphatic rings. The third-order valence-electron chi connectivity index (χ3n) is 11.1. The van der Waals surface area contributed by atoms with E-state index >= 15 is 0 Å². The maximum atomic E-state index is 12.6. The van der Waals surface area contributed by atoms with Gasteiger partial charge in [-0.2, -0.15) is 0 Å². The molecule has 1 aromatic heterocycles. The Balaban J connectivity index is 1.19. The van der Waals surface area contributed by atoms with Gasteiger partial charge in [0.05, 0.1) is 6.10 Å². The maximum absolute atomic E-state index is 12.6. The molecule has 1 aromatic rings. The van der Waals surface area contributed by atoms with Gasteiger partial charge >= 0.3 is 0 Å². The summed E-state index contributed by atoms with van der Waals surface area (Å²) in [7, 11) is -3.91. The Morgan fingerprint density at radius 2 is 1.83 bits per heavy atom. The van der Waals surface area contributed by atoms with Crippen molar-refractivity contribution in [1.29, 1.82) is 0 Å². The predicted molar refractivity (Wildman–Crippen MR) is 140 cm³/mol. The van der Waals surface area contributed by atoms with Gasteiger partial charge in [-0.3, -0.25) is 4.79 Å². The Labute approximate surface area is 219 Å². The molecule has 0 unspecified atom stereocenters. The van der Waals surface area contributed by atoms with E-state index in [9.17, 15) is 18.3 Å². The summed E-state index contributed by atoms with van der Waals surface area (Å²) < 4.78 is 22.5. The maximum Gasteiger partial charge on any atom is 0.267 e. The number of anilines is 1. The molecule has 4 N–H and O–H groups in total. The fraction of sp³-hybridized carbons (Fsp3) is 0.885. The van der Waals surface area contributed by atoms with Crippen LogP contribution in [-0.2, 0) is 14.8 Å². The number of hydrogen-bond acceptors (Lipinski definition) is 7. The number of primary sulfonamides is 1. The van der Waals surface area contributed by atoms with Crippen LogP contribution in [0.5, 0.6) is 0 Å². The SMILES string of the molecule is C[C@H](CCC(=O)Nc1nnc(S(N)(=O)=O)s1)[C@H]1CC[C@H]2[C@@H]3CC[C@@H]4C[C@H](O)CC[C@]4(C)[C@H]3CC[C@]12C. The Morgan fingerprint density at radius 3 is 2.56 bits per heavy atom. The van der Waals surface area contributed by atoms with Gasteiger partial charge in [0.25, 0.3) is 10.0 Å². The van der Waals surface area contributed by atoms with E-state index in [1.807, 2.05) is 0 Å². The quantitative estimate of drug-likeness (QED) is 0.454. The molecule has 4 aliphatic carbocycles. The van der Waals surface area contributed by atoms with E-state index in [1.165, 1.54) is 44.9 Å². The summed E-state index contributed by atoms with van der Waals surface area (Å²) in [6, 6.07) is 0. The Bertz CT molecular complexity index is 1090. The summed E-state index contributed by atoms with van der Waals surface area (Å²) in [6.45, 7) is 7.39. The fourth-order valence-electron chi connectivity index (χ4n) is 9.33. The van der Waals surface area contributed by atoms with Crippen LogP contribution in [0.25, 0.3) is 0 Å². The van der Waals surface area contributed by atoms with Gasteiger partial charge in [-0.05, 0) is 111 Å². The van der Waals surface area contributed by atoms with Crippen molar-refractivity contribution in [3.05, 3.63) is 0 Å². The predicted octanol–water partition coefficient (Wildman–Crippen LogP) is 4.56. The number of aromatic nitrogens is 2. The van der Waals surface area contributed by atoms with Crippen LogP contribution in [0.1, 0.15) is 91.4 Å². The third-order valence-corrected chi connectivity index (χ3v) is 13.3. The van der Waals surface area contributed by atoms with Crippen LogP contribution >= 0.6 is 11.3 Å². The number of aliphatic hydroxyl groups excluding tert-OH is 1. The highest BCUT2D eigenvalue weighted by Gasteiger charge is 2.60. The first-order chi connectivity index (χ1) is 16.9. The second kappa shape index (κ2) is 9.58. The van der Waals surface area contributed by atoms with Crippen LogP contribution in [0, 0.1) is 46.3 Å². The van der Waals surface area contributed by atoms with Gasteiger partial charge in [-0.25, -0.2) is 13.6 Å². The van der Waals surface area contributed by atoms with Gasteiger partial charge in [-0.15, -0.1) is 10.2 Å². The number of nitrogens with two attached hydrogens (primary N) is 1. The van der Waals surface area contributed by atoms with Gasteiger partial charge in [0.15, 0.2) is 0 Å².